The van der Waals surface area contributed by atoms with Gasteiger partial charge in [-0.25, -0.2) is 9.37 Å². The van der Waals surface area contributed by atoms with Crippen LogP contribution in [0.25, 0.3) is 0 Å². The van der Waals surface area contributed by atoms with Crippen LogP contribution in [0.5, 0.6) is 0 Å². The number of hydrogen-bond acceptors (Lipinski definition) is 4. The molecule has 0 amide bonds. The van der Waals surface area contributed by atoms with Crippen LogP contribution in [0.1, 0.15) is 29.9 Å². The standard InChI is InChI=1S/C17H16FN3S/c1-12(14-5-3-2-4-6-14)19-17-20-16(21-22-17)11-13-7-9-15(18)10-8-13/h2-10,12H,11H2,1H3,(H,19,20,21)/t12-/m1/s1. The second-order valence-electron chi connectivity index (χ2n) is 5.10. The summed E-state index contributed by atoms with van der Waals surface area (Å²) in [7, 11) is 0. The van der Waals surface area contributed by atoms with Crippen molar-refractivity contribution in [2.24, 2.45) is 0 Å². The predicted octanol–water partition coefficient (Wildman–Crippen LogP) is 4.44. The van der Waals surface area contributed by atoms with Crippen LogP contribution < -0.4 is 5.32 Å². The van der Waals surface area contributed by atoms with E-state index in [1.54, 1.807) is 12.1 Å². The van der Waals surface area contributed by atoms with E-state index >= 15 is 0 Å². The van der Waals surface area contributed by atoms with Crippen LogP contribution in [0, 0.1) is 5.82 Å². The van der Waals surface area contributed by atoms with Crippen molar-refractivity contribution < 1.29 is 4.39 Å². The van der Waals surface area contributed by atoms with Crippen molar-refractivity contribution in [3.63, 3.8) is 0 Å². The molecule has 1 aromatic heterocycles. The number of anilines is 1. The summed E-state index contributed by atoms with van der Waals surface area (Å²) in [6, 6.07) is 16.8. The third kappa shape index (κ3) is 3.68. The second-order valence-corrected chi connectivity index (χ2v) is 5.85. The average Bonchev–Trinajstić information content (AvgIpc) is 2.97. The monoisotopic (exact) mass is 313 g/mol. The highest BCUT2D eigenvalue weighted by Gasteiger charge is 2.09. The molecular weight excluding hydrogens is 297 g/mol. The van der Waals surface area contributed by atoms with Crippen molar-refractivity contribution in [2.45, 2.75) is 19.4 Å². The first-order valence-electron chi connectivity index (χ1n) is 7.09. The van der Waals surface area contributed by atoms with E-state index < -0.39 is 0 Å². The van der Waals surface area contributed by atoms with Crippen LogP contribution in [0.15, 0.2) is 54.6 Å². The van der Waals surface area contributed by atoms with Gasteiger partial charge in [-0.05, 0) is 30.2 Å². The number of aromatic nitrogens is 2. The van der Waals surface area contributed by atoms with Gasteiger partial charge in [0.2, 0.25) is 5.13 Å². The van der Waals surface area contributed by atoms with Gasteiger partial charge in [0.25, 0.3) is 0 Å². The molecule has 0 spiro atoms. The van der Waals surface area contributed by atoms with Gasteiger partial charge in [0.15, 0.2) is 0 Å². The molecule has 3 nitrogen and oxygen atoms in total. The maximum Gasteiger partial charge on any atom is 0.203 e. The normalized spacial score (nSPS) is 12.1. The Hall–Kier alpha value is -2.27. The Bertz CT molecular complexity index is 725. The van der Waals surface area contributed by atoms with Gasteiger partial charge in [-0.15, -0.1) is 0 Å². The van der Waals surface area contributed by atoms with Crippen molar-refractivity contribution in [3.05, 3.63) is 77.4 Å². The first-order chi connectivity index (χ1) is 10.7. The van der Waals surface area contributed by atoms with E-state index in [1.807, 2.05) is 18.2 Å². The summed E-state index contributed by atoms with van der Waals surface area (Å²) in [6.45, 7) is 2.09. The molecule has 2 aromatic carbocycles. The Morgan fingerprint density at radius 2 is 1.82 bits per heavy atom. The van der Waals surface area contributed by atoms with Crippen LogP contribution >= 0.6 is 11.5 Å². The lowest BCUT2D eigenvalue weighted by Gasteiger charge is -2.12. The first-order valence-corrected chi connectivity index (χ1v) is 7.86. The molecule has 3 aromatic rings. The molecule has 1 N–H and O–H groups in total. The van der Waals surface area contributed by atoms with Gasteiger partial charge in [-0.3, -0.25) is 0 Å². The summed E-state index contributed by atoms with van der Waals surface area (Å²) in [5, 5.41) is 4.16. The smallest absolute Gasteiger partial charge is 0.203 e. The van der Waals surface area contributed by atoms with E-state index in [1.165, 1.54) is 29.2 Å². The Labute approximate surface area is 133 Å². The number of rotatable bonds is 5. The quantitative estimate of drug-likeness (QED) is 0.756. The van der Waals surface area contributed by atoms with Crippen LogP contribution in [-0.4, -0.2) is 9.36 Å². The summed E-state index contributed by atoms with van der Waals surface area (Å²) < 4.78 is 17.2. The van der Waals surface area contributed by atoms with Crippen LogP contribution in [0.2, 0.25) is 0 Å². The molecule has 0 fully saturated rings. The lowest BCUT2D eigenvalue weighted by Crippen LogP contribution is -2.06. The van der Waals surface area contributed by atoms with E-state index in [0.29, 0.717) is 6.42 Å². The first kappa shape index (κ1) is 14.7. The minimum atomic E-state index is -0.228. The summed E-state index contributed by atoms with van der Waals surface area (Å²) in [5.74, 6) is 0.522. The molecule has 22 heavy (non-hydrogen) atoms. The van der Waals surface area contributed by atoms with E-state index in [9.17, 15) is 4.39 Å². The highest BCUT2D eigenvalue weighted by molar-refractivity contribution is 7.09. The predicted molar refractivity (Wildman–Crippen MR) is 87.6 cm³/mol. The van der Waals surface area contributed by atoms with Crippen molar-refractivity contribution in [1.82, 2.24) is 9.36 Å². The highest BCUT2D eigenvalue weighted by Crippen LogP contribution is 2.21. The van der Waals surface area contributed by atoms with Crippen LogP contribution in [-0.2, 0) is 6.42 Å². The molecule has 0 saturated heterocycles. The minimum absolute atomic E-state index is 0.174. The minimum Gasteiger partial charge on any atom is -0.354 e. The van der Waals surface area contributed by atoms with E-state index in [4.69, 9.17) is 0 Å². The number of benzene rings is 2. The van der Waals surface area contributed by atoms with Crippen LogP contribution in [0.3, 0.4) is 0 Å². The number of nitrogens with zero attached hydrogens (tertiary/aromatic N) is 2. The molecular formula is C17H16FN3S. The lowest BCUT2D eigenvalue weighted by atomic mass is 10.1. The third-order valence-electron chi connectivity index (χ3n) is 3.38. The molecule has 1 atom stereocenters. The topological polar surface area (TPSA) is 37.8 Å². The summed E-state index contributed by atoms with van der Waals surface area (Å²) in [4.78, 5) is 4.50. The maximum atomic E-state index is 12.9. The van der Waals surface area contributed by atoms with Crippen molar-refractivity contribution in [1.29, 1.82) is 0 Å². The molecule has 0 aliphatic carbocycles. The molecule has 5 heteroatoms. The Balaban J connectivity index is 1.65. The Morgan fingerprint density at radius 1 is 1.09 bits per heavy atom. The van der Waals surface area contributed by atoms with Gasteiger partial charge in [-0.2, -0.15) is 4.37 Å². The molecule has 0 unspecified atom stereocenters. The van der Waals surface area contributed by atoms with Gasteiger partial charge in [-0.1, -0.05) is 42.5 Å². The molecule has 3 rings (SSSR count). The number of nitrogens with one attached hydrogen (secondary N) is 1. The van der Waals surface area contributed by atoms with Crippen LogP contribution in [0.4, 0.5) is 9.52 Å². The highest BCUT2D eigenvalue weighted by atomic mass is 32.1. The third-order valence-corrected chi connectivity index (χ3v) is 4.07. The summed E-state index contributed by atoms with van der Waals surface area (Å²) >= 11 is 1.35. The molecule has 0 saturated carbocycles. The van der Waals surface area contributed by atoms with Gasteiger partial charge >= 0.3 is 0 Å². The fourth-order valence-electron chi connectivity index (χ4n) is 2.18. The molecule has 0 aliphatic heterocycles. The zero-order chi connectivity index (χ0) is 15.4. The van der Waals surface area contributed by atoms with Gasteiger partial charge < -0.3 is 5.32 Å². The van der Waals surface area contributed by atoms with E-state index in [-0.39, 0.29) is 11.9 Å². The molecule has 0 radical (unpaired) electrons. The number of halogens is 1. The van der Waals surface area contributed by atoms with Crippen molar-refractivity contribution >= 4 is 16.7 Å². The van der Waals surface area contributed by atoms with E-state index in [2.05, 4.69) is 33.7 Å². The Morgan fingerprint density at radius 3 is 2.55 bits per heavy atom. The molecule has 1 heterocycles. The zero-order valence-corrected chi connectivity index (χ0v) is 13.0. The van der Waals surface area contributed by atoms with Gasteiger partial charge in [0, 0.05) is 18.0 Å². The largest absolute Gasteiger partial charge is 0.354 e. The zero-order valence-electron chi connectivity index (χ0n) is 12.2. The summed E-state index contributed by atoms with van der Waals surface area (Å²) in [6.07, 6.45) is 0.609. The maximum absolute atomic E-state index is 12.9. The molecule has 0 bridgehead atoms. The number of hydrogen-bond donors (Lipinski definition) is 1. The molecule has 112 valence electrons. The van der Waals surface area contributed by atoms with Crippen molar-refractivity contribution in [2.75, 3.05) is 5.32 Å². The fraction of sp³-hybridized carbons (Fsp3) is 0.176. The molecule has 0 aliphatic rings. The lowest BCUT2D eigenvalue weighted by molar-refractivity contribution is 0.627. The SMILES string of the molecule is C[C@@H](Nc1nc(Cc2ccc(F)cc2)ns1)c1ccccc1. The summed E-state index contributed by atoms with van der Waals surface area (Å²) in [5.41, 5.74) is 2.21. The fourth-order valence-corrected chi connectivity index (χ4v) is 2.85. The van der Waals surface area contributed by atoms with E-state index in [0.717, 1.165) is 16.5 Å². The average molecular weight is 313 g/mol. The van der Waals surface area contributed by atoms with Crippen molar-refractivity contribution in [3.8, 4) is 0 Å². The Kier molecular flexibility index (Phi) is 4.44. The van der Waals surface area contributed by atoms with Gasteiger partial charge in [0.1, 0.15) is 11.6 Å². The van der Waals surface area contributed by atoms with Gasteiger partial charge in [0.05, 0.1) is 6.04 Å². The second kappa shape index (κ2) is 6.66.